The van der Waals surface area contributed by atoms with Gasteiger partial charge >= 0.3 is 0 Å². The summed E-state index contributed by atoms with van der Waals surface area (Å²) in [6, 6.07) is 0. The van der Waals surface area contributed by atoms with Crippen LogP contribution in [-0.2, 0) is 0 Å². The fraction of sp³-hybridized carbons (Fsp3) is 0.692. The van der Waals surface area contributed by atoms with E-state index in [2.05, 4.69) is 10.3 Å². The molecule has 17 heavy (non-hydrogen) atoms. The molecule has 1 aromatic heterocycles. The molecule has 0 atom stereocenters. The van der Waals surface area contributed by atoms with E-state index in [1.807, 2.05) is 33.1 Å². The monoisotopic (exact) mass is 256 g/mol. The van der Waals surface area contributed by atoms with Crippen molar-refractivity contribution in [1.82, 2.24) is 10.3 Å². The number of hydrogen-bond donors (Lipinski definition) is 1. The number of thiazole rings is 1. The van der Waals surface area contributed by atoms with Crippen molar-refractivity contribution in [2.75, 3.05) is 13.1 Å². The summed E-state index contributed by atoms with van der Waals surface area (Å²) in [5.74, 6) is 0.569. The highest BCUT2D eigenvalue weighted by atomic mass is 32.1. The number of nitrogens with zero attached hydrogens (tertiary/aromatic N) is 1. The molecule has 2 heterocycles. The number of aldehydes is 1. The van der Waals surface area contributed by atoms with Crippen LogP contribution in [0.1, 0.15) is 62.0 Å². The molecule has 4 heteroatoms. The molecule has 98 valence electrons. The molecule has 0 saturated carbocycles. The number of piperidine rings is 1. The first-order valence-corrected chi connectivity index (χ1v) is 7.39. The van der Waals surface area contributed by atoms with Crippen LogP contribution in [0, 0.1) is 0 Å². The van der Waals surface area contributed by atoms with Crippen molar-refractivity contribution in [3.8, 4) is 0 Å². The average Bonchev–Trinajstić information content (AvgIpc) is 2.93. The molecule has 0 bridgehead atoms. The molecule has 2 rings (SSSR count). The van der Waals surface area contributed by atoms with Crippen LogP contribution < -0.4 is 5.32 Å². The summed E-state index contributed by atoms with van der Waals surface area (Å²) in [5, 5.41) is 6.28. The third-order valence-corrected chi connectivity index (χ3v) is 3.37. The van der Waals surface area contributed by atoms with Gasteiger partial charge in [-0.05, 0) is 25.9 Å². The van der Waals surface area contributed by atoms with E-state index in [0.717, 1.165) is 37.2 Å². The van der Waals surface area contributed by atoms with Gasteiger partial charge in [-0.1, -0.05) is 27.7 Å². The molecule has 1 aliphatic rings. The fourth-order valence-corrected chi connectivity index (χ4v) is 2.55. The molecule has 0 aromatic carbocycles. The van der Waals surface area contributed by atoms with Gasteiger partial charge in [0.2, 0.25) is 0 Å². The molecule has 1 fully saturated rings. The zero-order chi connectivity index (χ0) is 13.1. The normalized spacial score (nSPS) is 15.1. The summed E-state index contributed by atoms with van der Waals surface area (Å²) in [6.07, 6.45) is 3.11. The lowest BCUT2D eigenvalue weighted by Gasteiger charge is -2.20. The molecule has 0 spiro atoms. The SMILES string of the molecule is CC.CC.O=Cc1csc(C2CCNCC2)n1. The van der Waals surface area contributed by atoms with E-state index in [1.54, 1.807) is 11.3 Å². The van der Waals surface area contributed by atoms with Crippen molar-refractivity contribution in [1.29, 1.82) is 0 Å². The fourth-order valence-electron chi connectivity index (χ4n) is 1.61. The summed E-state index contributed by atoms with van der Waals surface area (Å²) < 4.78 is 0. The molecule has 1 N–H and O–H groups in total. The van der Waals surface area contributed by atoms with Crippen molar-refractivity contribution in [2.45, 2.75) is 46.5 Å². The van der Waals surface area contributed by atoms with E-state index >= 15 is 0 Å². The number of nitrogens with one attached hydrogen (secondary N) is 1. The van der Waals surface area contributed by atoms with E-state index in [9.17, 15) is 4.79 Å². The number of carbonyl (C=O) groups excluding carboxylic acids is 1. The van der Waals surface area contributed by atoms with Crippen LogP contribution in [-0.4, -0.2) is 24.4 Å². The van der Waals surface area contributed by atoms with Crippen LogP contribution in [0.3, 0.4) is 0 Å². The number of rotatable bonds is 2. The Morgan fingerprint density at radius 1 is 1.29 bits per heavy atom. The average molecular weight is 256 g/mol. The topological polar surface area (TPSA) is 42.0 Å². The highest BCUT2D eigenvalue weighted by Crippen LogP contribution is 2.27. The van der Waals surface area contributed by atoms with Crippen LogP contribution in [0.15, 0.2) is 5.38 Å². The quantitative estimate of drug-likeness (QED) is 0.824. The molecular weight excluding hydrogens is 232 g/mol. The highest BCUT2D eigenvalue weighted by Gasteiger charge is 2.17. The summed E-state index contributed by atoms with van der Waals surface area (Å²) in [7, 11) is 0. The third-order valence-electron chi connectivity index (χ3n) is 2.35. The largest absolute Gasteiger partial charge is 0.317 e. The minimum absolute atomic E-state index is 0.569. The first kappa shape index (κ1) is 16.3. The van der Waals surface area contributed by atoms with E-state index in [-0.39, 0.29) is 0 Å². The predicted octanol–water partition coefficient (Wildman–Crippen LogP) is 3.48. The molecular formula is C13H24N2OS. The zero-order valence-electron chi connectivity index (χ0n) is 11.3. The zero-order valence-corrected chi connectivity index (χ0v) is 12.1. The lowest BCUT2D eigenvalue weighted by molar-refractivity contribution is 0.111. The summed E-state index contributed by atoms with van der Waals surface area (Å²) in [4.78, 5) is 14.7. The minimum atomic E-state index is 0.569. The predicted molar refractivity (Wildman–Crippen MR) is 75.0 cm³/mol. The first-order valence-electron chi connectivity index (χ1n) is 6.51. The van der Waals surface area contributed by atoms with Gasteiger partial charge in [0.25, 0.3) is 0 Å². The van der Waals surface area contributed by atoms with Crippen LogP contribution in [0.4, 0.5) is 0 Å². The Morgan fingerprint density at radius 2 is 1.88 bits per heavy atom. The van der Waals surface area contributed by atoms with Crippen LogP contribution in [0.5, 0.6) is 0 Å². The second-order valence-corrected chi connectivity index (χ2v) is 4.14. The molecule has 1 aromatic rings. The number of hydrogen-bond acceptors (Lipinski definition) is 4. The summed E-state index contributed by atoms with van der Waals surface area (Å²) in [5.41, 5.74) is 0.582. The first-order chi connectivity index (χ1) is 8.40. The second-order valence-electron chi connectivity index (χ2n) is 3.25. The van der Waals surface area contributed by atoms with Crippen molar-refractivity contribution in [3.05, 3.63) is 16.1 Å². The molecule has 0 aliphatic carbocycles. The maximum absolute atomic E-state index is 10.4. The van der Waals surface area contributed by atoms with Gasteiger partial charge in [-0.15, -0.1) is 11.3 Å². The van der Waals surface area contributed by atoms with Crippen molar-refractivity contribution in [3.63, 3.8) is 0 Å². The number of carbonyl (C=O) groups is 1. The maximum Gasteiger partial charge on any atom is 0.169 e. The van der Waals surface area contributed by atoms with Crippen molar-refractivity contribution < 1.29 is 4.79 Å². The van der Waals surface area contributed by atoms with Gasteiger partial charge in [0.15, 0.2) is 6.29 Å². The highest BCUT2D eigenvalue weighted by molar-refractivity contribution is 7.09. The summed E-state index contributed by atoms with van der Waals surface area (Å²) >= 11 is 1.61. The minimum Gasteiger partial charge on any atom is -0.317 e. The Bertz CT molecular complexity index is 293. The van der Waals surface area contributed by atoms with E-state index in [1.165, 1.54) is 0 Å². The molecule has 1 saturated heterocycles. The Morgan fingerprint density at radius 3 is 2.35 bits per heavy atom. The molecule has 0 radical (unpaired) electrons. The lowest BCUT2D eigenvalue weighted by atomic mass is 9.99. The maximum atomic E-state index is 10.4. The summed E-state index contributed by atoms with van der Waals surface area (Å²) in [6.45, 7) is 10.1. The van der Waals surface area contributed by atoms with E-state index < -0.39 is 0 Å². The third kappa shape index (κ3) is 5.41. The molecule has 0 unspecified atom stereocenters. The van der Waals surface area contributed by atoms with E-state index in [4.69, 9.17) is 0 Å². The van der Waals surface area contributed by atoms with Crippen LogP contribution in [0.2, 0.25) is 0 Å². The van der Waals surface area contributed by atoms with Gasteiger partial charge in [0.1, 0.15) is 5.69 Å². The number of aromatic nitrogens is 1. The molecule has 1 aliphatic heterocycles. The van der Waals surface area contributed by atoms with Crippen molar-refractivity contribution >= 4 is 17.6 Å². The Kier molecular flexibility index (Phi) is 9.96. The van der Waals surface area contributed by atoms with Crippen LogP contribution in [0.25, 0.3) is 0 Å². The Hall–Kier alpha value is -0.740. The second kappa shape index (κ2) is 10.4. The smallest absolute Gasteiger partial charge is 0.169 e. The van der Waals surface area contributed by atoms with Gasteiger partial charge in [-0.25, -0.2) is 4.98 Å². The molecule has 3 nitrogen and oxygen atoms in total. The Balaban J connectivity index is 0.000000581. The Labute approximate surface area is 109 Å². The van der Waals surface area contributed by atoms with Gasteiger partial charge in [0, 0.05) is 11.3 Å². The van der Waals surface area contributed by atoms with Gasteiger partial charge in [-0.2, -0.15) is 0 Å². The van der Waals surface area contributed by atoms with Gasteiger partial charge < -0.3 is 5.32 Å². The van der Waals surface area contributed by atoms with E-state index in [0.29, 0.717) is 11.6 Å². The van der Waals surface area contributed by atoms with Crippen LogP contribution >= 0.6 is 11.3 Å². The lowest BCUT2D eigenvalue weighted by Crippen LogP contribution is -2.26. The van der Waals surface area contributed by atoms with Gasteiger partial charge in [0.05, 0.1) is 5.01 Å². The van der Waals surface area contributed by atoms with Crippen molar-refractivity contribution in [2.24, 2.45) is 0 Å². The standard InChI is InChI=1S/C9H12N2OS.2C2H6/c12-5-8-6-13-9(11-8)7-1-3-10-4-2-7;2*1-2/h5-7,10H,1-4H2;2*1-2H3. The molecule has 0 amide bonds. The van der Waals surface area contributed by atoms with Gasteiger partial charge in [-0.3, -0.25) is 4.79 Å².